The monoisotopic (exact) mass is 532 g/mol. The molecular weight excluding hydrogens is 500 g/mol. The molecule has 0 radical (unpaired) electrons. The normalized spacial score (nSPS) is 20.6. The predicted octanol–water partition coefficient (Wildman–Crippen LogP) is 1.52. The van der Waals surface area contributed by atoms with E-state index in [4.69, 9.17) is 4.42 Å². The molecule has 3 heterocycles. The zero-order valence-electron chi connectivity index (χ0n) is 20.5. The van der Waals surface area contributed by atoms with Crippen LogP contribution in [0.2, 0.25) is 0 Å². The Morgan fingerprint density at radius 2 is 1.92 bits per heavy atom. The van der Waals surface area contributed by atoms with E-state index in [2.05, 4.69) is 10.6 Å². The van der Waals surface area contributed by atoms with Crippen molar-refractivity contribution in [2.24, 2.45) is 5.92 Å². The van der Waals surface area contributed by atoms with Gasteiger partial charge in [-0.2, -0.15) is 9.04 Å². The summed E-state index contributed by atoms with van der Waals surface area (Å²) in [6.45, 7) is -0.422. The van der Waals surface area contributed by atoms with E-state index >= 15 is 0 Å². The van der Waals surface area contributed by atoms with Gasteiger partial charge in [-0.15, -0.1) is 0 Å². The molecule has 2 aliphatic rings. The number of nitrogens with zero attached hydrogens (tertiary/aromatic N) is 2. The van der Waals surface area contributed by atoms with Crippen LogP contribution in [0, 0.1) is 11.1 Å². The van der Waals surface area contributed by atoms with Gasteiger partial charge in [0.2, 0.25) is 5.91 Å². The molecule has 2 aromatic rings. The van der Waals surface area contributed by atoms with Gasteiger partial charge in [-0.3, -0.25) is 14.4 Å². The number of hydrogen-bond donors (Lipinski definition) is 2. The Hall–Kier alpha value is -3.25. The zero-order chi connectivity index (χ0) is 26.4. The van der Waals surface area contributed by atoms with Crippen LogP contribution in [-0.4, -0.2) is 55.5 Å². The molecule has 2 fully saturated rings. The molecule has 12 heteroatoms. The number of carbonyl (C=O) groups is 3. The molecule has 4 rings (SSSR count). The van der Waals surface area contributed by atoms with Crippen molar-refractivity contribution in [3.8, 4) is 0 Å². The van der Waals surface area contributed by atoms with E-state index < -0.39 is 51.3 Å². The average Bonchev–Trinajstić information content (AvgIpc) is 3.36. The number of amides is 2. The number of nitrogens with one attached hydrogen (secondary N) is 2. The molecule has 200 valence electrons. The molecule has 0 aromatic carbocycles. The van der Waals surface area contributed by atoms with Gasteiger partial charge in [0.25, 0.3) is 5.91 Å². The molecule has 2 aromatic heterocycles. The Bertz CT molecular complexity index is 1210. The molecule has 2 amide bonds. The quantitative estimate of drug-likeness (QED) is 0.386. The van der Waals surface area contributed by atoms with Crippen LogP contribution in [-0.2, 0) is 19.6 Å². The Labute approximate surface area is 215 Å². The number of hydrogen-bond acceptors (Lipinski definition) is 7. The van der Waals surface area contributed by atoms with Gasteiger partial charge < -0.3 is 20.3 Å². The fourth-order valence-electron chi connectivity index (χ4n) is 4.99. The molecule has 1 saturated heterocycles. The van der Waals surface area contributed by atoms with Gasteiger partial charge in [-0.05, 0) is 37.3 Å². The molecule has 37 heavy (non-hydrogen) atoms. The minimum atomic E-state index is -4.19. The third kappa shape index (κ3) is 6.55. The van der Waals surface area contributed by atoms with Crippen molar-refractivity contribution in [1.82, 2.24) is 14.9 Å². The average molecular weight is 533 g/mol. The molecule has 1 aliphatic carbocycles. The van der Waals surface area contributed by atoms with Crippen LogP contribution in [0.1, 0.15) is 61.7 Å². The molecule has 2 N–H and O–H groups in total. The highest BCUT2D eigenvalue weighted by Crippen LogP contribution is 2.27. The second kappa shape index (κ2) is 11.9. The summed E-state index contributed by atoms with van der Waals surface area (Å²) in [6.07, 6.45) is 10.0. The first kappa shape index (κ1) is 26.8. The van der Waals surface area contributed by atoms with Crippen molar-refractivity contribution < 1.29 is 31.9 Å². The van der Waals surface area contributed by atoms with Crippen molar-refractivity contribution in [3.05, 3.63) is 53.8 Å². The lowest BCUT2D eigenvalue weighted by Gasteiger charge is -2.27. The van der Waals surface area contributed by atoms with E-state index in [1.807, 2.05) is 0 Å². The summed E-state index contributed by atoms with van der Waals surface area (Å²) in [5, 5.41) is 17.1. The Balaban J connectivity index is 1.44. The first-order valence-corrected chi connectivity index (χ1v) is 14.0. The summed E-state index contributed by atoms with van der Waals surface area (Å²) < 4.78 is 32.2. The summed E-state index contributed by atoms with van der Waals surface area (Å²) in [4.78, 5) is 39.0. The summed E-state index contributed by atoms with van der Waals surface area (Å²) >= 11 is 0. The Morgan fingerprint density at radius 3 is 2.62 bits per heavy atom. The highest BCUT2D eigenvalue weighted by molar-refractivity contribution is 7.89. The summed E-state index contributed by atoms with van der Waals surface area (Å²) in [7, 11) is -4.19. The fourth-order valence-corrected chi connectivity index (χ4v) is 6.46. The van der Waals surface area contributed by atoms with Gasteiger partial charge in [0, 0.05) is 18.7 Å². The van der Waals surface area contributed by atoms with Crippen LogP contribution in [0.15, 0.2) is 52.4 Å². The maximum absolute atomic E-state index is 13.3. The van der Waals surface area contributed by atoms with Crippen LogP contribution in [0.4, 0.5) is 0 Å². The highest BCUT2D eigenvalue weighted by atomic mass is 32.2. The largest absolute Gasteiger partial charge is 0.618 e. The van der Waals surface area contributed by atoms with Gasteiger partial charge in [0.15, 0.2) is 12.0 Å². The van der Waals surface area contributed by atoms with Crippen molar-refractivity contribution in [2.75, 3.05) is 13.1 Å². The molecular formula is C25H32N4O7S. The molecule has 11 nitrogen and oxygen atoms in total. The van der Waals surface area contributed by atoms with Crippen LogP contribution in [0.25, 0.3) is 0 Å². The van der Waals surface area contributed by atoms with E-state index in [0.717, 1.165) is 42.6 Å². The number of Topliss-reactive ketones (excluding diaryl/α,β-unsaturated/α-hetero) is 1. The lowest BCUT2D eigenvalue weighted by molar-refractivity contribution is -0.646. The maximum atomic E-state index is 13.3. The standard InChI is InChI=1S/C25H32N4O7S/c30-22-16-28(37(34,35)23-10-4-5-13-29(23)33)12-6-9-20(22)26-25(32)21(15-18-7-2-1-3-8-18)27-24(31)19-11-14-36-17-19/h4-5,10-11,13-14,17-18,20-21H,1-3,6-9,12,15-16H2,(H,26,32)(H,27,31)/t20-,21+/m1/s1. The van der Waals surface area contributed by atoms with Gasteiger partial charge in [-0.1, -0.05) is 32.1 Å². The van der Waals surface area contributed by atoms with Crippen molar-refractivity contribution >= 4 is 27.6 Å². The first-order chi connectivity index (χ1) is 17.8. The molecule has 1 aliphatic heterocycles. The van der Waals surface area contributed by atoms with Crippen molar-refractivity contribution in [1.29, 1.82) is 0 Å². The summed E-state index contributed by atoms with van der Waals surface area (Å²) in [5.74, 6) is -1.11. The smallest absolute Gasteiger partial charge is 0.323 e. The number of carbonyl (C=O) groups excluding carboxylic acids is 3. The summed E-state index contributed by atoms with van der Waals surface area (Å²) in [5.41, 5.74) is 0.296. The molecule has 1 saturated carbocycles. The summed E-state index contributed by atoms with van der Waals surface area (Å²) in [6, 6.07) is 3.81. The lowest BCUT2D eigenvalue weighted by Crippen LogP contribution is -2.53. The Morgan fingerprint density at radius 1 is 1.14 bits per heavy atom. The van der Waals surface area contributed by atoms with E-state index in [-0.39, 0.29) is 23.6 Å². The first-order valence-electron chi connectivity index (χ1n) is 12.6. The number of aromatic nitrogens is 1. The lowest BCUT2D eigenvalue weighted by atomic mass is 9.84. The van der Waals surface area contributed by atoms with E-state index in [1.54, 1.807) is 0 Å². The maximum Gasteiger partial charge on any atom is 0.323 e. The fraction of sp³-hybridized carbons (Fsp3) is 0.520. The number of sulfonamides is 1. The van der Waals surface area contributed by atoms with E-state index in [1.165, 1.54) is 36.8 Å². The zero-order valence-corrected chi connectivity index (χ0v) is 21.3. The van der Waals surface area contributed by atoms with Crippen molar-refractivity contribution in [2.45, 2.75) is 68.5 Å². The van der Waals surface area contributed by atoms with Crippen molar-refractivity contribution in [3.63, 3.8) is 0 Å². The van der Waals surface area contributed by atoms with Crippen LogP contribution >= 0.6 is 0 Å². The van der Waals surface area contributed by atoms with Gasteiger partial charge >= 0.3 is 15.0 Å². The number of ketones is 1. The SMILES string of the molecule is O=C(N[C@@H](CC1CCCCC1)C(=O)N[C@@H]1CCCN(S(=O)(=O)c2cccc[n+]2[O-])CC1=O)c1ccoc1. The predicted molar refractivity (Wildman–Crippen MR) is 131 cm³/mol. The minimum Gasteiger partial charge on any atom is -0.618 e. The molecule has 0 unspecified atom stereocenters. The van der Waals surface area contributed by atoms with Gasteiger partial charge in [0.1, 0.15) is 12.3 Å². The van der Waals surface area contributed by atoms with Gasteiger partial charge in [0.05, 0.1) is 24.4 Å². The second-order valence-corrected chi connectivity index (χ2v) is 11.5. The number of rotatable bonds is 8. The molecule has 0 bridgehead atoms. The van der Waals surface area contributed by atoms with Crippen LogP contribution in [0.5, 0.6) is 0 Å². The Kier molecular flexibility index (Phi) is 8.59. The second-order valence-electron chi connectivity index (χ2n) is 9.65. The number of pyridine rings is 1. The minimum absolute atomic E-state index is 0.0397. The van der Waals surface area contributed by atoms with E-state index in [0.29, 0.717) is 18.4 Å². The van der Waals surface area contributed by atoms with Crippen LogP contribution < -0.4 is 15.4 Å². The third-order valence-electron chi connectivity index (χ3n) is 7.03. The highest BCUT2D eigenvalue weighted by Gasteiger charge is 2.37. The van der Waals surface area contributed by atoms with Gasteiger partial charge in [-0.25, -0.2) is 8.42 Å². The molecule has 0 spiro atoms. The van der Waals surface area contributed by atoms with E-state index in [9.17, 15) is 28.0 Å². The molecule has 2 atom stereocenters. The topological polar surface area (TPSA) is 153 Å². The number of furan rings is 1. The third-order valence-corrected chi connectivity index (χ3v) is 8.87. The van der Waals surface area contributed by atoms with Crippen LogP contribution in [0.3, 0.4) is 0 Å².